The van der Waals surface area contributed by atoms with Crippen LogP contribution in [0.25, 0.3) is 0 Å². The van der Waals surface area contributed by atoms with Crippen LogP contribution >= 0.6 is 0 Å². The first-order valence-electron chi connectivity index (χ1n) is 15.7. The molecular weight excluding hydrogens is 520 g/mol. The zero-order valence-corrected chi connectivity index (χ0v) is 23.8. The van der Waals surface area contributed by atoms with Gasteiger partial charge in [0, 0.05) is 10.8 Å². The van der Waals surface area contributed by atoms with Crippen molar-refractivity contribution in [1.82, 2.24) is 0 Å². The maximum Gasteiger partial charge on any atom is 0.296 e. The van der Waals surface area contributed by atoms with Crippen molar-refractivity contribution >= 4 is 10.1 Å². The summed E-state index contributed by atoms with van der Waals surface area (Å²) in [6, 6.07) is 17.1. The molecule has 12 unspecified atom stereocenters. The molecule has 6 heteroatoms. The van der Waals surface area contributed by atoms with Crippen LogP contribution in [0.1, 0.15) is 37.7 Å². The number of aliphatic hydroxyl groups is 1. The first-order valence-corrected chi connectivity index (χ1v) is 17.1. The van der Waals surface area contributed by atoms with Gasteiger partial charge in [-0.1, -0.05) is 42.3 Å². The second-order valence-electron chi connectivity index (χ2n) is 14.9. The first-order chi connectivity index (χ1) is 19.4. The van der Waals surface area contributed by atoms with Crippen molar-refractivity contribution < 1.29 is 22.4 Å². The van der Waals surface area contributed by atoms with Gasteiger partial charge in [0.25, 0.3) is 10.1 Å². The molecule has 14 atom stereocenters. The Morgan fingerprint density at radius 1 is 0.775 bits per heavy atom. The van der Waals surface area contributed by atoms with E-state index in [2.05, 4.69) is 0 Å². The third kappa shape index (κ3) is 2.20. The van der Waals surface area contributed by atoms with E-state index in [1.165, 1.54) is 25.7 Å². The zero-order valence-electron chi connectivity index (χ0n) is 23.0. The van der Waals surface area contributed by atoms with Crippen LogP contribution in [0.4, 0.5) is 0 Å². The molecular formula is C34H38O5S. The van der Waals surface area contributed by atoms with Gasteiger partial charge in [-0.15, -0.1) is 0 Å². The summed E-state index contributed by atoms with van der Waals surface area (Å²) in [5.41, 5.74) is -0.684. The van der Waals surface area contributed by atoms with Crippen LogP contribution in [0.3, 0.4) is 0 Å². The molecule has 0 amide bonds. The van der Waals surface area contributed by atoms with Gasteiger partial charge in [0.15, 0.2) is 0 Å². The van der Waals surface area contributed by atoms with E-state index in [9.17, 15) is 13.5 Å². The van der Waals surface area contributed by atoms with Gasteiger partial charge in [0.2, 0.25) is 0 Å². The van der Waals surface area contributed by atoms with Crippen molar-refractivity contribution in [1.29, 1.82) is 0 Å². The van der Waals surface area contributed by atoms with E-state index in [0.717, 1.165) is 17.7 Å². The topological polar surface area (TPSA) is 72.8 Å². The molecule has 9 aliphatic carbocycles. The van der Waals surface area contributed by atoms with Gasteiger partial charge in [-0.2, -0.15) is 8.42 Å². The summed E-state index contributed by atoms with van der Waals surface area (Å²) in [6.45, 7) is 2.66. The lowest BCUT2D eigenvalue weighted by atomic mass is 9.43. The lowest BCUT2D eigenvalue weighted by Gasteiger charge is -2.64. The Hall–Kier alpha value is -1.89. The predicted octanol–water partition coefficient (Wildman–Crippen LogP) is 5.32. The lowest BCUT2D eigenvalue weighted by molar-refractivity contribution is -0.279. The van der Waals surface area contributed by atoms with Gasteiger partial charge >= 0.3 is 0 Å². The van der Waals surface area contributed by atoms with E-state index in [4.69, 9.17) is 8.92 Å². The van der Waals surface area contributed by atoms with Gasteiger partial charge in [-0.05, 0) is 122 Å². The molecule has 5 nitrogen and oxygen atoms in total. The Balaban J connectivity index is 1.14. The molecule has 0 aromatic heterocycles. The van der Waals surface area contributed by atoms with E-state index in [-0.39, 0.29) is 22.8 Å². The highest BCUT2D eigenvalue weighted by molar-refractivity contribution is 7.86. The van der Waals surface area contributed by atoms with E-state index < -0.39 is 21.1 Å². The number of benzene rings is 2. The summed E-state index contributed by atoms with van der Waals surface area (Å²) < 4.78 is 40.2. The second-order valence-corrected chi connectivity index (χ2v) is 16.5. The van der Waals surface area contributed by atoms with Gasteiger partial charge in [-0.3, -0.25) is 4.18 Å². The Labute approximate surface area is 236 Å². The summed E-state index contributed by atoms with van der Waals surface area (Å²) in [5, 5.41) is 13.7. The quantitative estimate of drug-likeness (QED) is 0.466. The lowest BCUT2D eigenvalue weighted by Crippen LogP contribution is -2.73. The number of aryl methyl sites for hydroxylation is 1. The van der Waals surface area contributed by atoms with Crippen LogP contribution in [0, 0.1) is 82.9 Å². The SMILES string of the molecule is Cc1ccc(S(=O)(=O)OC[C@]23C4C5CCCC5C5C4C4C6C7C(CCC7[C@]2(O)C56COc2ccccc2)C43)cc1. The van der Waals surface area contributed by atoms with Crippen LogP contribution in [0.15, 0.2) is 59.5 Å². The van der Waals surface area contributed by atoms with Crippen molar-refractivity contribution in [3.8, 4) is 5.75 Å². The molecule has 0 heterocycles. The fourth-order valence-electron chi connectivity index (χ4n) is 14.6. The standard InChI is InChI=1S/C34H38O5S/c1-18-10-12-20(13-11-18)40(36,37)39-17-33-29-22-9-5-8-21(22)28-26(29)27-30(33)23-14-15-24-25(23)31(27)32(28,34(24,33)35)16-38-19-6-3-2-4-7-19/h2-4,6-7,10-13,21-31,35H,5,8-9,14-17H2,1H3/t21?,22?,23?,24?,25?,26?,27?,28?,29?,30?,31?,32?,33-,34+/m1/s1. The van der Waals surface area contributed by atoms with Crippen LogP contribution in [-0.4, -0.2) is 32.3 Å². The van der Waals surface area contributed by atoms with Crippen LogP contribution in [0.5, 0.6) is 5.75 Å². The molecule has 2 aromatic rings. The molecule has 9 saturated carbocycles. The number of hydrogen-bond donors (Lipinski definition) is 1. The molecule has 0 saturated heterocycles. The average Bonchev–Trinajstić information content (AvgIpc) is 3.75. The summed E-state index contributed by atoms with van der Waals surface area (Å²) in [7, 11) is -3.93. The van der Waals surface area contributed by atoms with Crippen molar-refractivity contribution in [2.75, 3.05) is 13.2 Å². The number of fused-ring (bicyclic) bond motifs is 1. The summed E-state index contributed by atoms with van der Waals surface area (Å²) in [4.78, 5) is 0.223. The van der Waals surface area contributed by atoms with E-state index in [1.807, 2.05) is 49.4 Å². The molecule has 0 aliphatic heterocycles. The number of ether oxygens (including phenoxy) is 1. The van der Waals surface area contributed by atoms with Crippen molar-refractivity contribution in [3.05, 3.63) is 60.2 Å². The molecule has 40 heavy (non-hydrogen) atoms. The molecule has 1 N–H and O–H groups in total. The predicted molar refractivity (Wildman–Crippen MR) is 148 cm³/mol. The maximum atomic E-state index is 13.7. The van der Waals surface area contributed by atoms with Crippen LogP contribution < -0.4 is 4.74 Å². The molecule has 9 bridgehead atoms. The molecule has 0 spiro atoms. The maximum absolute atomic E-state index is 13.7. The number of para-hydroxylation sites is 1. The smallest absolute Gasteiger partial charge is 0.296 e. The van der Waals surface area contributed by atoms with Gasteiger partial charge in [0.05, 0.1) is 23.7 Å². The van der Waals surface area contributed by atoms with Gasteiger partial charge < -0.3 is 9.84 Å². The average molecular weight is 559 g/mol. The minimum Gasteiger partial charge on any atom is -0.493 e. The molecule has 9 aliphatic rings. The summed E-state index contributed by atoms with van der Waals surface area (Å²) in [6.07, 6.45) is 6.01. The third-order valence-corrected chi connectivity index (χ3v) is 15.9. The van der Waals surface area contributed by atoms with Crippen molar-refractivity contribution in [2.45, 2.75) is 49.5 Å². The Kier molecular flexibility index (Phi) is 4.24. The number of rotatable bonds is 7. The highest BCUT2D eigenvalue weighted by Gasteiger charge is 3.00. The highest BCUT2D eigenvalue weighted by Crippen LogP contribution is 2.98. The number of hydrogen-bond acceptors (Lipinski definition) is 5. The summed E-state index contributed by atoms with van der Waals surface area (Å²) in [5.74, 6) is 6.55. The fraction of sp³-hybridized carbons (Fsp3) is 0.647. The van der Waals surface area contributed by atoms with Crippen molar-refractivity contribution in [2.24, 2.45) is 75.9 Å². The highest BCUT2D eigenvalue weighted by atomic mass is 32.2. The minimum absolute atomic E-state index is 0.136. The largest absolute Gasteiger partial charge is 0.493 e. The molecule has 0 radical (unpaired) electrons. The second kappa shape index (κ2) is 7.18. The van der Waals surface area contributed by atoms with E-state index in [0.29, 0.717) is 65.8 Å². The Morgan fingerprint density at radius 2 is 1.43 bits per heavy atom. The molecule has 9 fully saturated rings. The Bertz CT molecular complexity index is 1520. The monoisotopic (exact) mass is 558 g/mol. The van der Waals surface area contributed by atoms with Crippen LogP contribution in [-0.2, 0) is 14.3 Å². The normalized spacial score (nSPS) is 52.8. The first kappa shape index (κ1) is 23.6. The van der Waals surface area contributed by atoms with Crippen molar-refractivity contribution in [3.63, 3.8) is 0 Å². The zero-order chi connectivity index (χ0) is 26.8. The third-order valence-electron chi connectivity index (χ3n) is 14.6. The summed E-state index contributed by atoms with van der Waals surface area (Å²) >= 11 is 0. The van der Waals surface area contributed by atoms with Crippen LogP contribution in [0.2, 0.25) is 0 Å². The molecule has 2 aromatic carbocycles. The Morgan fingerprint density at radius 3 is 2.15 bits per heavy atom. The fourth-order valence-corrected chi connectivity index (χ4v) is 15.6. The van der Waals surface area contributed by atoms with Gasteiger partial charge in [-0.25, -0.2) is 0 Å². The van der Waals surface area contributed by atoms with E-state index >= 15 is 0 Å². The minimum atomic E-state index is -3.93. The van der Waals surface area contributed by atoms with Gasteiger partial charge in [0.1, 0.15) is 5.75 Å². The van der Waals surface area contributed by atoms with E-state index in [1.54, 1.807) is 12.1 Å². The molecule has 210 valence electrons. The molecule has 11 rings (SSSR count).